The summed E-state index contributed by atoms with van der Waals surface area (Å²) in [5.41, 5.74) is 0.715. The SMILES string of the molecule is CNCC1CCN(C(=O)CN2C(=O)c3ccc(Br)cc3C2=O)C1.Cl. The zero-order valence-corrected chi connectivity index (χ0v) is 15.7. The monoisotopic (exact) mass is 415 g/mol. The van der Waals surface area contributed by atoms with Gasteiger partial charge in [-0.2, -0.15) is 0 Å². The van der Waals surface area contributed by atoms with Crippen LogP contribution in [-0.4, -0.2) is 60.7 Å². The Morgan fingerprint density at radius 2 is 2.00 bits per heavy atom. The molecule has 1 atom stereocenters. The van der Waals surface area contributed by atoms with E-state index in [0.29, 0.717) is 30.1 Å². The minimum absolute atomic E-state index is 0. The third kappa shape index (κ3) is 3.48. The van der Waals surface area contributed by atoms with Crippen molar-refractivity contribution in [2.24, 2.45) is 5.92 Å². The summed E-state index contributed by atoms with van der Waals surface area (Å²) in [6, 6.07) is 4.96. The van der Waals surface area contributed by atoms with Crippen molar-refractivity contribution in [2.45, 2.75) is 6.42 Å². The Morgan fingerprint density at radius 3 is 2.71 bits per heavy atom. The number of rotatable bonds is 4. The zero-order valence-electron chi connectivity index (χ0n) is 13.3. The number of fused-ring (bicyclic) bond motifs is 1. The number of carbonyl (C=O) groups excluding carboxylic acids is 3. The van der Waals surface area contributed by atoms with Gasteiger partial charge in [0, 0.05) is 17.6 Å². The van der Waals surface area contributed by atoms with Gasteiger partial charge >= 0.3 is 0 Å². The van der Waals surface area contributed by atoms with E-state index in [1.54, 1.807) is 23.1 Å². The predicted octanol–water partition coefficient (Wildman–Crippen LogP) is 1.53. The first-order valence-electron chi connectivity index (χ1n) is 7.59. The first-order chi connectivity index (χ1) is 11.0. The van der Waals surface area contributed by atoms with Gasteiger partial charge in [-0.05, 0) is 44.1 Å². The van der Waals surface area contributed by atoms with Crippen LogP contribution in [0.3, 0.4) is 0 Å². The van der Waals surface area contributed by atoms with E-state index in [0.717, 1.165) is 22.3 Å². The Bertz CT molecular complexity index is 683. The molecule has 0 saturated carbocycles. The van der Waals surface area contributed by atoms with E-state index in [4.69, 9.17) is 0 Å². The van der Waals surface area contributed by atoms with Gasteiger partial charge in [-0.25, -0.2) is 0 Å². The second kappa shape index (κ2) is 7.63. The molecule has 2 heterocycles. The Labute approximate surface area is 155 Å². The van der Waals surface area contributed by atoms with Crippen molar-refractivity contribution in [3.63, 3.8) is 0 Å². The molecule has 6 nitrogen and oxygen atoms in total. The lowest BCUT2D eigenvalue weighted by molar-refractivity contribution is -0.130. The van der Waals surface area contributed by atoms with E-state index >= 15 is 0 Å². The van der Waals surface area contributed by atoms with Crippen LogP contribution in [-0.2, 0) is 4.79 Å². The van der Waals surface area contributed by atoms with Crippen molar-refractivity contribution in [1.29, 1.82) is 0 Å². The molecule has 2 aliphatic heterocycles. The lowest BCUT2D eigenvalue weighted by Crippen LogP contribution is -2.42. The summed E-state index contributed by atoms with van der Waals surface area (Å²) in [7, 11) is 1.89. The smallest absolute Gasteiger partial charge is 0.262 e. The molecule has 1 aromatic carbocycles. The molecule has 3 rings (SSSR count). The number of nitrogens with zero attached hydrogens (tertiary/aromatic N) is 2. The standard InChI is InChI=1S/C16H18BrN3O3.ClH/c1-18-7-10-4-5-19(8-10)14(21)9-20-15(22)12-3-2-11(17)6-13(12)16(20)23;/h2-3,6,10,18H,4-5,7-9H2,1H3;1H. The lowest BCUT2D eigenvalue weighted by Gasteiger charge is -2.20. The van der Waals surface area contributed by atoms with Gasteiger partial charge in [0.1, 0.15) is 6.54 Å². The van der Waals surface area contributed by atoms with Crippen molar-refractivity contribution in [1.82, 2.24) is 15.1 Å². The van der Waals surface area contributed by atoms with Crippen LogP contribution in [0.25, 0.3) is 0 Å². The zero-order chi connectivity index (χ0) is 16.6. The molecule has 0 spiro atoms. The van der Waals surface area contributed by atoms with Crippen molar-refractivity contribution in [2.75, 3.05) is 33.2 Å². The van der Waals surface area contributed by atoms with Crippen LogP contribution >= 0.6 is 28.3 Å². The third-order valence-electron chi connectivity index (χ3n) is 4.36. The minimum atomic E-state index is -0.398. The van der Waals surface area contributed by atoms with Crippen LogP contribution in [0.4, 0.5) is 0 Å². The van der Waals surface area contributed by atoms with Gasteiger partial charge in [0.2, 0.25) is 5.91 Å². The van der Waals surface area contributed by atoms with Gasteiger partial charge in [-0.3, -0.25) is 19.3 Å². The van der Waals surface area contributed by atoms with Gasteiger partial charge in [-0.15, -0.1) is 12.4 Å². The van der Waals surface area contributed by atoms with Gasteiger partial charge < -0.3 is 10.2 Å². The van der Waals surface area contributed by atoms with Crippen LogP contribution in [0.5, 0.6) is 0 Å². The fourth-order valence-electron chi connectivity index (χ4n) is 3.16. The van der Waals surface area contributed by atoms with Gasteiger partial charge in [0.05, 0.1) is 11.1 Å². The molecule has 1 N–H and O–H groups in total. The summed E-state index contributed by atoms with van der Waals surface area (Å²) in [4.78, 5) is 39.9. The van der Waals surface area contributed by atoms with E-state index in [-0.39, 0.29) is 24.9 Å². The topological polar surface area (TPSA) is 69.7 Å². The van der Waals surface area contributed by atoms with Crippen molar-refractivity contribution < 1.29 is 14.4 Å². The van der Waals surface area contributed by atoms with Crippen LogP contribution in [0.15, 0.2) is 22.7 Å². The highest BCUT2D eigenvalue weighted by molar-refractivity contribution is 9.10. The summed E-state index contributed by atoms with van der Waals surface area (Å²) < 4.78 is 0.736. The molecule has 0 aliphatic carbocycles. The van der Waals surface area contributed by atoms with Crippen LogP contribution in [0.1, 0.15) is 27.1 Å². The molecular weight excluding hydrogens is 398 g/mol. The maximum absolute atomic E-state index is 12.4. The quantitative estimate of drug-likeness (QED) is 0.756. The molecule has 0 radical (unpaired) electrons. The molecule has 3 amide bonds. The fourth-order valence-corrected chi connectivity index (χ4v) is 3.52. The Balaban J connectivity index is 0.00000208. The second-order valence-electron chi connectivity index (χ2n) is 5.94. The molecule has 8 heteroatoms. The maximum Gasteiger partial charge on any atom is 0.262 e. The van der Waals surface area contributed by atoms with Gasteiger partial charge in [0.25, 0.3) is 11.8 Å². The summed E-state index contributed by atoms with van der Waals surface area (Å²) in [5.74, 6) is -0.526. The van der Waals surface area contributed by atoms with Gasteiger partial charge in [-0.1, -0.05) is 15.9 Å². The highest BCUT2D eigenvalue weighted by Crippen LogP contribution is 2.26. The van der Waals surface area contributed by atoms with Crippen molar-refractivity contribution in [3.05, 3.63) is 33.8 Å². The summed E-state index contributed by atoms with van der Waals surface area (Å²) in [5, 5.41) is 3.11. The Kier molecular flexibility index (Phi) is 6.01. The number of benzene rings is 1. The molecule has 2 aliphatic rings. The lowest BCUT2D eigenvalue weighted by atomic mass is 10.1. The molecule has 1 aromatic rings. The van der Waals surface area contributed by atoms with Crippen molar-refractivity contribution >= 4 is 46.1 Å². The van der Waals surface area contributed by atoms with Crippen LogP contribution in [0.2, 0.25) is 0 Å². The number of amides is 3. The van der Waals surface area contributed by atoms with Crippen LogP contribution in [0, 0.1) is 5.92 Å². The number of nitrogens with one attached hydrogen (secondary N) is 1. The summed E-state index contributed by atoms with van der Waals surface area (Å²) in [6.45, 7) is 2.04. The second-order valence-corrected chi connectivity index (χ2v) is 6.85. The third-order valence-corrected chi connectivity index (χ3v) is 4.85. The maximum atomic E-state index is 12.4. The number of likely N-dealkylation sites (tertiary alicyclic amines) is 1. The minimum Gasteiger partial charge on any atom is -0.341 e. The van der Waals surface area contributed by atoms with Crippen molar-refractivity contribution in [3.8, 4) is 0 Å². The van der Waals surface area contributed by atoms with E-state index in [9.17, 15) is 14.4 Å². The number of hydrogen-bond donors (Lipinski definition) is 1. The molecule has 1 fully saturated rings. The first kappa shape index (κ1) is 18.9. The van der Waals surface area contributed by atoms with E-state index in [1.165, 1.54) is 0 Å². The van der Waals surface area contributed by atoms with E-state index in [1.807, 2.05) is 7.05 Å². The normalized spacial score (nSPS) is 19.5. The van der Waals surface area contributed by atoms with E-state index in [2.05, 4.69) is 21.2 Å². The molecule has 130 valence electrons. The number of hydrogen-bond acceptors (Lipinski definition) is 4. The molecule has 1 saturated heterocycles. The fraction of sp³-hybridized carbons (Fsp3) is 0.438. The number of carbonyl (C=O) groups is 3. The largest absolute Gasteiger partial charge is 0.341 e. The highest BCUT2D eigenvalue weighted by atomic mass is 79.9. The number of imide groups is 1. The summed E-state index contributed by atoms with van der Waals surface area (Å²) >= 11 is 3.30. The Hall–Kier alpha value is -1.44. The first-order valence-corrected chi connectivity index (χ1v) is 8.38. The molecule has 0 bridgehead atoms. The molecule has 0 aromatic heterocycles. The average molecular weight is 417 g/mol. The van der Waals surface area contributed by atoms with Crippen LogP contribution < -0.4 is 5.32 Å². The molecule has 1 unspecified atom stereocenters. The summed E-state index contributed by atoms with van der Waals surface area (Å²) in [6.07, 6.45) is 0.946. The van der Waals surface area contributed by atoms with Gasteiger partial charge in [0.15, 0.2) is 0 Å². The highest BCUT2D eigenvalue weighted by Gasteiger charge is 2.38. The number of halogens is 2. The average Bonchev–Trinajstić information content (AvgIpc) is 3.07. The molecule has 24 heavy (non-hydrogen) atoms. The van der Waals surface area contributed by atoms with E-state index < -0.39 is 11.8 Å². The molecular formula is C16H19BrClN3O3. The Morgan fingerprint density at radius 1 is 1.29 bits per heavy atom. The predicted molar refractivity (Wildman–Crippen MR) is 95.4 cm³/mol.